The number of anilines is 1. The number of fused-ring (bicyclic) bond motifs is 1. The third kappa shape index (κ3) is 5.69. The van der Waals surface area contributed by atoms with Gasteiger partial charge in [0.15, 0.2) is 5.13 Å². The molecule has 0 atom stereocenters. The van der Waals surface area contributed by atoms with E-state index >= 15 is 0 Å². The Bertz CT molecular complexity index is 1640. The molecule has 3 aromatic heterocycles. The van der Waals surface area contributed by atoms with E-state index in [-0.39, 0.29) is 11.6 Å². The highest BCUT2D eigenvalue weighted by atomic mass is 32.1. The maximum Gasteiger partial charge on any atom is 0.266 e. The first kappa shape index (κ1) is 24.9. The predicted molar refractivity (Wildman–Crippen MR) is 153 cm³/mol. The molecular formula is C27H29N7O2S2. The van der Waals surface area contributed by atoms with E-state index in [1.165, 1.54) is 60.5 Å². The summed E-state index contributed by atoms with van der Waals surface area (Å²) in [5.41, 5.74) is 1.78. The Morgan fingerprint density at radius 2 is 2.00 bits per heavy atom. The molecular weight excluding hydrogens is 518 g/mol. The normalized spacial score (nSPS) is 17.7. The van der Waals surface area contributed by atoms with Crippen LogP contribution >= 0.6 is 22.7 Å². The number of carbonyl (C=O) groups is 1. The van der Waals surface area contributed by atoms with Gasteiger partial charge in [-0.25, -0.2) is 4.98 Å². The van der Waals surface area contributed by atoms with Crippen LogP contribution in [0.15, 0.2) is 51.7 Å². The van der Waals surface area contributed by atoms with Crippen LogP contribution in [0.3, 0.4) is 0 Å². The maximum absolute atomic E-state index is 12.4. The zero-order valence-corrected chi connectivity index (χ0v) is 22.6. The van der Waals surface area contributed by atoms with Crippen LogP contribution in [-0.4, -0.2) is 51.5 Å². The van der Waals surface area contributed by atoms with Crippen molar-refractivity contribution in [2.45, 2.75) is 44.7 Å². The van der Waals surface area contributed by atoms with Gasteiger partial charge in [0.05, 0.1) is 21.3 Å². The number of piperidine rings is 1. The van der Waals surface area contributed by atoms with Gasteiger partial charge in [0.25, 0.3) is 5.56 Å². The summed E-state index contributed by atoms with van der Waals surface area (Å²) in [5, 5.41) is 10.3. The summed E-state index contributed by atoms with van der Waals surface area (Å²) in [5.74, 6) is 0. The molecule has 1 aliphatic carbocycles. The van der Waals surface area contributed by atoms with Crippen molar-refractivity contribution in [3.63, 3.8) is 0 Å². The van der Waals surface area contributed by atoms with Crippen molar-refractivity contribution in [2.24, 2.45) is 10.2 Å². The lowest BCUT2D eigenvalue weighted by molar-refractivity contribution is -0.107. The van der Waals surface area contributed by atoms with Crippen molar-refractivity contribution in [3.05, 3.63) is 61.1 Å². The molecule has 1 aromatic carbocycles. The third-order valence-corrected chi connectivity index (χ3v) is 8.86. The lowest BCUT2D eigenvalue weighted by Gasteiger charge is -2.26. The summed E-state index contributed by atoms with van der Waals surface area (Å²) in [6.07, 6.45) is 14.0. The van der Waals surface area contributed by atoms with Gasteiger partial charge in [-0.2, -0.15) is 10.2 Å². The van der Waals surface area contributed by atoms with Crippen LogP contribution < -0.4 is 19.7 Å². The van der Waals surface area contributed by atoms with Gasteiger partial charge in [-0.1, -0.05) is 17.8 Å². The average molecular weight is 548 g/mol. The molecule has 4 aromatic rings. The third-order valence-electron chi connectivity index (χ3n) is 6.95. The molecule has 11 heteroatoms. The molecule has 9 nitrogen and oxygen atoms in total. The van der Waals surface area contributed by atoms with Gasteiger partial charge in [-0.15, -0.1) is 11.3 Å². The Balaban J connectivity index is 1.14. The number of thiazole rings is 2. The molecule has 0 spiro atoms. The molecule has 0 radical (unpaired) electrons. The van der Waals surface area contributed by atoms with E-state index < -0.39 is 0 Å². The Kier molecular flexibility index (Phi) is 7.30. The molecule has 38 heavy (non-hydrogen) atoms. The fourth-order valence-corrected chi connectivity index (χ4v) is 6.56. The van der Waals surface area contributed by atoms with E-state index in [4.69, 9.17) is 0 Å². The minimum Gasteiger partial charge on any atom is -0.346 e. The SMILES string of the molecule is O=CN(c1ncc(/C=c2\sc(=CN=Nc3ccc4c(ccn4CCN4CCCCC4)c3)[nH]c2=O)s1)C1CC1. The lowest BCUT2D eigenvalue weighted by atomic mass is 10.1. The lowest BCUT2D eigenvalue weighted by Crippen LogP contribution is -2.32. The smallest absolute Gasteiger partial charge is 0.266 e. The second kappa shape index (κ2) is 11.1. The van der Waals surface area contributed by atoms with E-state index in [1.807, 2.05) is 12.1 Å². The summed E-state index contributed by atoms with van der Waals surface area (Å²) < 4.78 is 3.48. The number of amides is 1. The van der Waals surface area contributed by atoms with Gasteiger partial charge < -0.3 is 14.5 Å². The van der Waals surface area contributed by atoms with Crippen molar-refractivity contribution in [2.75, 3.05) is 24.5 Å². The number of rotatable bonds is 9. The van der Waals surface area contributed by atoms with Crippen molar-refractivity contribution in [1.29, 1.82) is 0 Å². The second-order valence-electron chi connectivity index (χ2n) is 9.72. The van der Waals surface area contributed by atoms with E-state index in [0.29, 0.717) is 14.3 Å². The molecule has 6 rings (SSSR count). The van der Waals surface area contributed by atoms with Crippen LogP contribution in [0.4, 0.5) is 10.8 Å². The number of hydrogen-bond donors (Lipinski definition) is 1. The monoisotopic (exact) mass is 547 g/mol. The molecule has 2 fully saturated rings. The van der Waals surface area contributed by atoms with Crippen molar-refractivity contribution in [3.8, 4) is 0 Å². The standard InChI is InChI=1S/C27H29N7O2S2/c35-18-34(21-5-6-21)27-28-16-22(37-27)15-24-26(36)30-25(38-24)17-29-31-20-4-7-23-19(14-20)8-11-33(23)13-12-32-9-2-1-3-10-32/h4,7-8,11,14-18,21H,1-3,5-6,9-10,12-13H2,(H,30,36)/b24-15-,25-17?,31-29?. The number of carbonyl (C=O) groups excluding carboxylic acids is 1. The Morgan fingerprint density at radius 3 is 2.82 bits per heavy atom. The average Bonchev–Trinajstić information content (AvgIpc) is 3.36. The summed E-state index contributed by atoms with van der Waals surface area (Å²) >= 11 is 2.71. The zero-order valence-electron chi connectivity index (χ0n) is 21.0. The predicted octanol–water partition coefficient (Wildman–Crippen LogP) is 3.81. The Labute approximate surface area is 227 Å². The molecule has 1 amide bonds. The number of aromatic amines is 1. The minimum absolute atomic E-state index is 0.187. The molecule has 1 N–H and O–H groups in total. The minimum atomic E-state index is -0.187. The van der Waals surface area contributed by atoms with Crippen LogP contribution in [0.1, 0.15) is 37.0 Å². The van der Waals surface area contributed by atoms with Crippen LogP contribution in [0.25, 0.3) is 23.2 Å². The molecule has 1 saturated carbocycles. The molecule has 0 bridgehead atoms. The van der Waals surface area contributed by atoms with Crippen LogP contribution in [0.2, 0.25) is 0 Å². The highest BCUT2D eigenvalue weighted by Gasteiger charge is 2.30. The first-order valence-electron chi connectivity index (χ1n) is 13.0. The zero-order chi connectivity index (χ0) is 25.9. The second-order valence-corrected chi connectivity index (χ2v) is 11.8. The first-order chi connectivity index (χ1) is 18.7. The number of hydrogen-bond acceptors (Lipinski definition) is 8. The molecule has 4 heterocycles. The van der Waals surface area contributed by atoms with E-state index in [1.54, 1.807) is 23.4 Å². The summed E-state index contributed by atoms with van der Waals surface area (Å²) in [4.78, 5) is 36.0. The van der Waals surface area contributed by atoms with Crippen LogP contribution in [0, 0.1) is 0 Å². The summed E-state index contributed by atoms with van der Waals surface area (Å²) in [7, 11) is 0. The van der Waals surface area contributed by atoms with E-state index in [0.717, 1.165) is 48.3 Å². The molecule has 196 valence electrons. The van der Waals surface area contributed by atoms with Crippen molar-refractivity contribution in [1.82, 2.24) is 19.4 Å². The maximum atomic E-state index is 12.4. The Morgan fingerprint density at radius 1 is 1.13 bits per heavy atom. The van der Waals surface area contributed by atoms with E-state index in [9.17, 15) is 9.59 Å². The van der Waals surface area contributed by atoms with Gasteiger partial charge >= 0.3 is 0 Å². The molecule has 1 aliphatic heterocycles. The highest BCUT2D eigenvalue weighted by Crippen LogP contribution is 2.33. The first-order valence-corrected chi connectivity index (χ1v) is 14.6. The fourth-order valence-electron chi connectivity index (χ4n) is 4.77. The molecule has 2 aliphatic rings. The van der Waals surface area contributed by atoms with Crippen molar-refractivity contribution < 1.29 is 4.79 Å². The molecule has 1 saturated heterocycles. The highest BCUT2D eigenvalue weighted by molar-refractivity contribution is 7.16. The van der Waals surface area contributed by atoms with Gasteiger partial charge in [-0.3, -0.25) is 14.5 Å². The van der Waals surface area contributed by atoms with Crippen molar-refractivity contribution >= 4 is 63.1 Å². The number of likely N-dealkylation sites (tertiary alicyclic amines) is 1. The number of nitrogens with zero attached hydrogens (tertiary/aromatic N) is 6. The van der Waals surface area contributed by atoms with E-state index in [2.05, 4.69) is 48.0 Å². The number of aromatic nitrogens is 3. The number of benzene rings is 1. The van der Waals surface area contributed by atoms with Gasteiger partial charge in [0.2, 0.25) is 6.41 Å². The van der Waals surface area contributed by atoms with Crippen LogP contribution in [-0.2, 0) is 11.3 Å². The largest absolute Gasteiger partial charge is 0.346 e. The number of nitrogens with one attached hydrogen (secondary N) is 1. The number of azo groups is 1. The summed E-state index contributed by atoms with van der Waals surface area (Å²) in [6, 6.07) is 8.48. The fraction of sp³-hybridized carbons (Fsp3) is 0.370. The van der Waals surface area contributed by atoms with Gasteiger partial charge in [-0.05, 0) is 69.1 Å². The number of H-pyrrole nitrogens is 1. The van der Waals surface area contributed by atoms with Gasteiger partial charge in [0.1, 0.15) is 4.66 Å². The Hall–Kier alpha value is -3.41. The topological polar surface area (TPSA) is 98.9 Å². The quantitative estimate of drug-likeness (QED) is 0.254. The molecule has 0 unspecified atom stereocenters. The summed E-state index contributed by atoms with van der Waals surface area (Å²) in [6.45, 7) is 4.49. The van der Waals surface area contributed by atoms with Crippen LogP contribution in [0.5, 0.6) is 0 Å². The van der Waals surface area contributed by atoms with Gasteiger partial charge in [0, 0.05) is 42.4 Å².